The van der Waals surface area contributed by atoms with Crippen LogP contribution in [0.2, 0.25) is 0 Å². The van der Waals surface area contributed by atoms with Gasteiger partial charge in [0.15, 0.2) is 0 Å². The van der Waals surface area contributed by atoms with Gasteiger partial charge in [-0.3, -0.25) is 9.69 Å². The van der Waals surface area contributed by atoms with Crippen molar-refractivity contribution in [2.24, 2.45) is 29.1 Å². The lowest BCUT2D eigenvalue weighted by molar-refractivity contribution is -0.140. The van der Waals surface area contributed by atoms with E-state index < -0.39 is 5.97 Å². The van der Waals surface area contributed by atoms with Crippen molar-refractivity contribution >= 4 is 5.97 Å². The number of aliphatic carboxylic acids is 1. The molecule has 4 bridgehead atoms. The molecule has 0 atom stereocenters. The number of carboxylic acids is 1. The van der Waals surface area contributed by atoms with Gasteiger partial charge in [-0.2, -0.15) is 0 Å². The average Bonchev–Trinajstić information content (AvgIpc) is 2.23. The minimum Gasteiger partial charge on any atom is -0.480 e. The summed E-state index contributed by atoms with van der Waals surface area (Å²) in [7, 11) is 0. The van der Waals surface area contributed by atoms with E-state index in [1.807, 2.05) is 0 Å². The van der Waals surface area contributed by atoms with Gasteiger partial charge in [0.05, 0.1) is 6.54 Å². The van der Waals surface area contributed by atoms with E-state index in [4.69, 9.17) is 5.11 Å². The van der Waals surface area contributed by atoms with Crippen LogP contribution in [0.3, 0.4) is 0 Å². The fourth-order valence-corrected chi connectivity index (χ4v) is 5.85. The van der Waals surface area contributed by atoms with Crippen molar-refractivity contribution in [2.45, 2.75) is 52.4 Å². The number of nitrogens with zero attached hydrogens (tertiary/aromatic N) is 1. The summed E-state index contributed by atoms with van der Waals surface area (Å²) in [4.78, 5) is 13.4. The topological polar surface area (TPSA) is 40.5 Å². The molecule has 0 aromatic carbocycles. The van der Waals surface area contributed by atoms with Crippen LogP contribution >= 0.6 is 0 Å². The Morgan fingerprint density at radius 3 is 2.05 bits per heavy atom. The van der Waals surface area contributed by atoms with E-state index >= 15 is 0 Å². The van der Waals surface area contributed by atoms with Crippen LogP contribution in [0.15, 0.2) is 0 Å². The molecule has 114 valence electrons. The molecule has 0 aliphatic heterocycles. The van der Waals surface area contributed by atoms with Gasteiger partial charge in [0, 0.05) is 13.1 Å². The molecule has 4 saturated carbocycles. The van der Waals surface area contributed by atoms with Crippen LogP contribution in [0, 0.1) is 29.1 Å². The van der Waals surface area contributed by atoms with Crippen molar-refractivity contribution in [3.05, 3.63) is 0 Å². The molecule has 0 unspecified atom stereocenters. The third kappa shape index (κ3) is 3.03. The van der Waals surface area contributed by atoms with Crippen LogP contribution in [-0.2, 0) is 4.79 Å². The Kier molecular flexibility index (Phi) is 3.83. The highest BCUT2D eigenvalue weighted by Gasteiger charge is 2.51. The molecule has 4 aliphatic carbocycles. The Morgan fingerprint density at radius 2 is 1.65 bits per heavy atom. The maximum atomic E-state index is 11.1. The van der Waals surface area contributed by atoms with Gasteiger partial charge in [-0.25, -0.2) is 0 Å². The molecule has 0 amide bonds. The second-order valence-corrected chi connectivity index (χ2v) is 8.37. The predicted octanol–water partition coefficient (Wildman–Crippen LogP) is 3.25. The maximum absolute atomic E-state index is 11.1. The Morgan fingerprint density at radius 1 is 1.15 bits per heavy atom. The zero-order chi connectivity index (χ0) is 14.3. The van der Waals surface area contributed by atoms with E-state index in [2.05, 4.69) is 18.7 Å². The largest absolute Gasteiger partial charge is 0.480 e. The molecular formula is C17H29NO2. The van der Waals surface area contributed by atoms with Crippen molar-refractivity contribution < 1.29 is 9.90 Å². The van der Waals surface area contributed by atoms with Gasteiger partial charge in [-0.15, -0.1) is 0 Å². The van der Waals surface area contributed by atoms with E-state index in [9.17, 15) is 4.79 Å². The number of hydrogen-bond donors (Lipinski definition) is 1. The van der Waals surface area contributed by atoms with Gasteiger partial charge >= 0.3 is 5.97 Å². The molecule has 0 heterocycles. The Hall–Kier alpha value is -0.570. The van der Waals surface area contributed by atoms with Gasteiger partial charge in [-0.1, -0.05) is 13.8 Å². The molecule has 0 radical (unpaired) electrons. The summed E-state index contributed by atoms with van der Waals surface area (Å²) >= 11 is 0. The standard InChI is InChI=1S/C17H29NO2/c1-12(2)9-18(10-16(19)20)11-17-6-13-3-14(7-17)5-15(4-13)8-17/h12-15H,3-11H2,1-2H3,(H,19,20). The third-order valence-corrected chi connectivity index (χ3v) is 5.71. The molecule has 1 N–H and O–H groups in total. The first-order valence-corrected chi connectivity index (χ1v) is 8.38. The number of carbonyl (C=O) groups is 1. The van der Waals surface area contributed by atoms with Crippen LogP contribution in [-0.4, -0.2) is 35.6 Å². The monoisotopic (exact) mass is 279 g/mol. The average molecular weight is 279 g/mol. The highest BCUT2D eigenvalue weighted by molar-refractivity contribution is 5.69. The van der Waals surface area contributed by atoms with Crippen LogP contribution in [0.4, 0.5) is 0 Å². The second-order valence-electron chi connectivity index (χ2n) is 8.37. The molecule has 4 rings (SSSR count). The Bertz CT molecular complexity index is 342. The molecule has 0 saturated heterocycles. The van der Waals surface area contributed by atoms with Crippen molar-refractivity contribution in [1.82, 2.24) is 4.90 Å². The first kappa shape index (κ1) is 14.4. The molecule has 0 aromatic rings. The molecule has 0 aromatic heterocycles. The lowest BCUT2D eigenvalue weighted by Crippen LogP contribution is -2.52. The normalized spacial score (nSPS) is 38.9. The summed E-state index contributed by atoms with van der Waals surface area (Å²) in [6, 6.07) is 0. The van der Waals surface area contributed by atoms with E-state index in [0.717, 1.165) is 30.8 Å². The molecular weight excluding hydrogens is 250 g/mol. The second kappa shape index (κ2) is 5.32. The highest BCUT2D eigenvalue weighted by Crippen LogP contribution is 2.60. The Labute approximate surface area is 122 Å². The van der Waals surface area contributed by atoms with Crippen LogP contribution in [0.1, 0.15) is 52.4 Å². The first-order valence-electron chi connectivity index (χ1n) is 8.38. The predicted molar refractivity (Wildman–Crippen MR) is 79.5 cm³/mol. The lowest BCUT2D eigenvalue weighted by atomic mass is 9.49. The molecule has 20 heavy (non-hydrogen) atoms. The van der Waals surface area contributed by atoms with Gasteiger partial charge in [-0.05, 0) is 67.6 Å². The molecule has 0 spiro atoms. The molecule has 3 nitrogen and oxygen atoms in total. The molecule has 4 aliphatic rings. The third-order valence-electron chi connectivity index (χ3n) is 5.71. The zero-order valence-electron chi connectivity index (χ0n) is 13.0. The smallest absolute Gasteiger partial charge is 0.317 e. The molecule has 4 fully saturated rings. The number of hydrogen-bond acceptors (Lipinski definition) is 2. The summed E-state index contributed by atoms with van der Waals surface area (Å²) in [6.07, 6.45) is 8.49. The maximum Gasteiger partial charge on any atom is 0.317 e. The van der Waals surface area contributed by atoms with Gasteiger partial charge < -0.3 is 5.11 Å². The summed E-state index contributed by atoms with van der Waals surface area (Å²) in [5.74, 6) is 2.73. The van der Waals surface area contributed by atoms with Gasteiger partial charge in [0.25, 0.3) is 0 Å². The fourth-order valence-electron chi connectivity index (χ4n) is 5.85. The van der Waals surface area contributed by atoms with Crippen LogP contribution in [0.25, 0.3) is 0 Å². The van der Waals surface area contributed by atoms with E-state index in [1.54, 1.807) is 0 Å². The van der Waals surface area contributed by atoms with Crippen molar-refractivity contribution in [3.8, 4) is 0 Å². The number of rotatable bonds is 6. The minimum atomic E-state index is -0.671. The van der Waals surface area contributed by atoms with Crippen LogP contribution < -0.4 is 0 Å². The summed E-state index contributed by atoms with van der Waals surface area (Å²) in [6.45, 7) is 6.55. The van der Waals surface area contributed by atoms with Crippen LogP contribution in [0.5, 0.6) is 0 Å². The van der Waals surface area contributed by atoms with Crippen molar-refractivity contribution in [2.75, 3.05) is 19.6 Å². The van der Waals surface area contributed by atoms with E-state index in [-0.39, 0.29) is 6.54 Å². The first-order chi connectivity index (χ1) is 9.44. The summed E-state index contributed by atoms with van der Waals surface area (Å²) in [5.41, 5.74) is 0.457. The van der Waals surface area contributed by atoms with Gasteiger partial charge in [0.2, 0.25) is 0 Å². The summed E-state index contributed by atoms with van der Waals surface area (Å²) < 4.78 is 0. The highest BCUT2D eigenvalue weighted by atomic mass is 16.4. The summed E-state index contributed by atoms with van der Waals surface area (Å²) in [5, 5.41) is 9.17. The Balaban J connectivity index is 1.69. The lowest BCUT2D eigenvalue weighted by Gasteiger charge is -2.58. The minimum absolute atomic E-state index is 0.222. The number of carboxylic acid groups (broad SMARTS) is 1. The fraction of sp³-hybridized carbons (Fsp3) is 0.941. The SMILES string of the molecule is CC(C)CN(CC(=O)O)CC12CC3CC(CC(C3)C1)C2. The zero-order valence-corrected chi connectivity index (χ0v) is 13.0. The van der Waals surface area contributed by atoms with Gasteiger partial charge in [0.1, 0.15) is 0 Å². The quantitative estimate of drug-likeness (QED) is 0.811. The van der Waals surface area contributed by atoms with E-state index in [0.29, 0.717) is 11.3 Å². The van der Waals surface area contributed by atoms with Crippen molar-refractivity contribution in [1.29, 1.82) is 0 Å². The van der Waals surface area contributed by atoms with E-state index in [1.165, 1.54) is 38.5 Å². The van der Waals surface area contributed by atoms with Crippen molar-refractivity contribution in [3.63, 3.8) is 0 Å². The molecule has 3 heteroatoms.